The fourth-order valence-electron chi connectivity index (χ4n) is 3.33. The monoisotopic (exact) mass is 440 g/mol. The van der Waals surface area contributed by atoms with E-state index in [1.807, 2.05) is 60.7 Å². The van der Waals surface area contributed by atoms with Crippen molar-refractivity contribution in [2.45, 2.75) is 18.8 Å². The summed E-state index contributed by atoms with van der Waals surface area (Å²) in [5.74, 6) is -0.822. The number of urea groups is 1. The minimum absolute atomic E-state index is 0.303. The van der Waals surface area contributed by atoms with Crippen molar-refractivity contribution in [1.29, 1.82) is 5.26 Å². The van der Waals surface area contributed by atoms with Crippen LogP contribution >= 0.6 is 0 Å². The van der Waals surface area contributed by atoms with Crippen LogP contribution in [0.25, 0.3) is 11.6 Å². The number of aromatic nitrogens is 1. The molecule has 8 heteroatoms. The van der Waals surface area contributed by atoms with E-state index in [-0.39, 0.29) is 0 Å². The summed E-state index contributed by atoms with van der Waals surface area (Å²) in [7, 11) is -1.67. The number of carbonyl (C=O) groups is 1. The van der Waals surface area contributed by atoms with E-state index in [4.69, 9.17) is 0 Å². The number of nitriles is 1. The number of nitrogens with one attached hydrogen (secondary N) is 2. The Bertz CT molecular complexity index is 1120. The van der Waals surface area contributed by atoms with Crippen molar-refractivity contribution in [1.82, 2.24) is 15.6 Å². The van der Waals surface area contributed by atoms with Crippen molar-refractivity contribution in [2.24, 2.45) is 0 Å². The Kier molecular flexibility index (Phi) is 8.77. The lowest BCUT2D eigenvalue weighted by atomic mass is 9.76. The maximum absolute atomic E-state index is 12.2. The lowest BCUT2D eigenvalue weighted by molar-refractivity contribution is 0.237. The zero-order valence-electron chi connectivity index (χ0n) is 18.1. The molecule has 1 unspecified atom stereocenters. The van der Waals surface area contributed by atoms with Crippen molar-refractivity contribution < 1.29 is 14.8 Å². The van der Waals surface area contributed by atoms with E-state index < -0.39 is 19.1 Å². The molecule has 3 aromatic rings. The summed E-state index contributed by atoms with van der Waals surface area (Å²) in [5, 5.41) is 34.1. The van der Waals surface area contributed by atoms with Gasteiger partial charge < -0.3 is 20.7 Å². The standard InChI is InChI=1S/C25H25BN4O3/c27-18-22(23-11-4-5-13-28-23)16-21-10-6-9-20(15-21)12-14-29-25(31)30-24(26(32)33)17-19-7-2-1-3-8-19/h1-11,13,15-16,24,32-33H,12,14,17H2,(H2,29,30,31)/b22-16+. The fourth-order valence-corrected chi connectivity index (χ4v) is 3.33. The van der Waals surface area contributed by atoms with E-state index >= 15 is 0 Å². The predicted octanol–water partition coefficient (Wildman–Crippen LogP) is 2.61. The highest BCUT2D eigenvalue weighted by Crippen LogP contribution is 2.16. The van der Waals surface area contributed by atoms with Gasteiger partial charge in [0.25, 0.3) is 0 Å². The highest BCUT2D eigenvalue weighted by molar-refractivity contribution is 6.43. The molecule has 0 fully saturated rings. The van der Waals surface area contributed by atoms with Crippen LogP contribution in [0.1, 0.15) is 22.4 Å². The van der Waals surface area contributed by atoms with Crippen LogP contribution in [0, 0.1) is 11.3 Å². The Labute approximate surface area is 193 Å². The van der Waals surface area contributed by atoms with Gasteiger partial charge in [0.1, 0.15) is 6.07 Å². The third-order valence-corrected chi connectivity index (χ3v) is 5.00. The Morgan fingerprint density at radius 2 is 1.82 bits per heavy atom. The summed E-state index contributed by atoms with van der Waals surface area (Å²) in [6, 6.07) is 24.1. The van der Waals surface area contributed by atoms with Gasteiger partial charge in [0, 0.05) is 12.7 Å². The molecule has 0 radical (unpaired) electrons. The topological polar surface area (TPSA) is 118 Å². The third kappa shape index (κ3) is 7.61. The fraction of sp³-hybridized carbons (Fsp3) is 0.160. The molecule has 0 aliphatic heterocycles. The second-order valence-corrected chi connectivity index (χ2v) is 7.49. The van der Waals surface area contributed by atoms with Gasteiger partial charge in [0.2, 0.25) is 0 Å². The van der Waals surface area contributed by atoms with Gasteiger partial charge in [-0.2, -0.15) is 5.26 Å². The van der Waals surface area contributed by atoms with Gasteiger partial charge in [-0.25, -0.2) is 4.79 Å². The summed E-state index contributed by atoms with van der Waals surface area (Å²) in [6.45, 7) is 0.365. The average Bonchev–Trinajstić information content (AvgIpc) is 2.83. The van der Waals surface area contributed by atoms with E-state index in [9.17, 15) is 20.1 Å². The Hall–Kier alpha value is -3.93. The van der Waals surface area contributed by atoms with E-state index in [1.54, 1.807) is 24.4 Å². The number of hydrogen-bond donors (Lipinski definition) is 4. The van der Waals surface area contributed by atoms with Crippen molar-refractivity contribution in [3.05, 3.63) is 101 Å². The average molecular weight is 440 g/mol. The Balaban J connectivity index is 1.54. The normalized spacial score (nSPS) is 11.8. The number of pyridine rings is 1. The molecule has 0 aliphatic carbocycles. The van der Waals surface area contributed by atoms with Gasteiger partial charge in [-0.1, -0.05) is 60.7 Å². The lowest BCUT2D eigenvalue weighted by Crippen LogP contribution is -2.51. The van der Waals surface area contributed by atoms with Gasteiger partial charge in [-0.3, -0.25) is 4.98 Å². The molecule has 7 nitrogen and oxygen atoms in total. The molecule has 0 saturated carbocycles. The highest BCUT2D eigenvalue weighted by Gasteiger charge is 2.25. The number of benzene rings is 2. The zero-order valence-corrected chi connectivity index (χ0v) is 18.1. The quantitative estimate of drug-likeness (QED) is 0.301. The summed E-state index contributed by atoms with van der Waals surface area (Å²) in [5.41, 5.74) is 3.83. The summed E-state index contributed by atoms with van der Waals surface area (Å²) < 4.78 is 0. The first-order chi connectivity index (χ1) is 16.0. The maximum atomic E-state index is 12.2. The van der Waals surface area contributed by atoms with Gasteiger partial charge >= 0.3 is 13.1 Å². The van der Waals surface area contributed by atoms with E-state index in [1.165, 1.54) is 0 Å². The molecule has 4 N–H and O–H groups in total. The molecule has 33 heavy (non-hydrogen) atoms. The van der Waals surface area contributed by atoms with Crippen LogP contribution in [0.15, 0.2) is 79.0 Å². The minimum atomic E-state index is -1.67. The summed E-state index contributed by atoms with van der Waals surface area (Å²) >= 11 is 0. The molecule has 0 bridgehead atoms. The van der Waals surface area contributed by atoms with Crippen molar-refractivity contribution in [3.63, 3.8) is 0 Å². The first-order valence-electron chi connectivity index (χ1n) is 10.6. The summed E-state index contributed by atoms with van der Waals surface area (Å²) in [4.78, 5) is 16.5. The molecule has 3 rings (SSSR count). The number of hydrogen-bond acceptors (Lipinski definition) is 5. The molecule has 1 heterocycles. The lowest BCUT2D eigenvalue weighted by Gasteiger charge is -2.18. The zero-order chi connectivity index (χ0) is 23.5. The minimum Gasteiger partial charge on any atom is -0.426 e. The number of amides is 2. The molecule has 166 valence electrons. The Morgan fingerprint density at radius 3 is 2.52 bits per heavy atom. The maximum Gasteiger partial charge on any atom is 0.475 e. The first kappa shape index (κ1) is 23.7. The number of carbonyl (C=O) groups excluding carboxylic acids is 1. The molecular weight excluding hydrogens is 415 g/mol. The number of rotatable bonds is 9. The van der Waals surface area contributed by atoms with Gasteiger partial charge in [-0.15, -0.1) is 0 Å². The van der Waals surface area contributed by atoms with E-state index in [2.05, 4.69) is 21.7 Å². The van der Waals surface area contributed by atoms with Gasteiger partial charge in [0.15, 0.2) is 0 Å². The first-order valence-corrected chi connectivity index (χ1v) is 10.6. The van der Waals surface area contributed by atoms with Crippen molar-refractivity contribution >= 4 is 24.8 Å². The van der Waals surface area contributed by atoms with Crippen LogP contribution in [-0.4, -0.2) is 40.7 Å². The predicted molar refractivity (Wildman–Crippen MR) is 129 cm³/mol. The smallest absolute Gasteiger partial charge is 0.426 e. The van der Waals surface area contributed by atoms with Crippen LogP contribution in [-0.2, 0) is 12.8 Å². The molecular formula is C25H25BN4O3. The summed E-state index contributed by atoms with van der Waals surface area (Å²) in [6.07, 6.45) is 4.31. The molecule has 0 aliphatic rings. The van der Waals surface area contributed by atoms with E-state index in [0.717, 1.165) is 16.7 Å². The highest BCUT2D eigenvalue weighted by atomic mass is 16.4. The Morgan fingerprint density at radius 1 is 1.06 bits per heavy atom. The van der Waals surface area contributed by atoms with Crippen LogP contribution in [0.4, 0.5) is 4.79 Å². The van der Waals surface area contributed by atoms with Crippen molar-refractivity contribution in [2.75, 3.05) is 6.54 Å². The number of nitrogens with zero attached hydrogens (tertiary/aromatic N) is 2. The third-order valence-electron chi connectivity index (χ3n) is 5.00. The molecule has 1 atom stereocenters. The molecule has 2 aromatic carbocycles. The van der Waals surface area contributed by atoms with Gasteiger partial charge in [0.05, 0.1) is 17.2 Å². The number of allylic oxidation sites excluding steroid dienone is 1. The van der Waals surface area contributed by atoms with Crippen molar-refractivity contribution in [3.8, 4) is 6.07 Å². The van der Waals surface area contributed by atoms with Crippen LogP contribution in [0.2, 0.25) is 0 Å². The molecule has 0 spiro atoms. The SMILES string of the molecule is N#C/C(=C\c1cccc(CCNC(=O)NC(Cc2ccccc2)B(O)O)c1)c1ccccn1. The van der Waals surface area contributed by atoms with E-state index in [0.29, 0.717) is 30.7 Å². The largest absolute Gasteiger partial charge is 0.475 e. The second-order valence-electron chi connectivity index (χ2n) is 7.49. The van der Waals surface area contributed by atoms with Gasteiger partial charge in [-0.05, 0) is 47.7 Å². The molecule has 2 amide bonds. The molecule has 1 aromatic heterocycles. The van der Waals surface area contributed by atoms with Crippen LogP contribution in [0.5, 0.6) is 0 Å². The second kappa shape index (κ2) is 12.2. The van der Waals surface area contributed by atoms with Crippen LogP contribution < -0.4 is 10.6 Å². The van der Waals surface area contributed by atoms with Crippen LogP contribution in [0.3, 0.4) is 0 Å². The molecule has 0 saturated heterocycles.